The molecule has 0 aliphatic heterocycles. The Bertz CT molecular complexity index is 468. The van der Waals surface area contributed by atoms with Gasteiger partial charge in [0.15, 0.2) is 0 Å². The molecule has 1 atom stereocenters. The fourth-order valence-corrected chi connectivity index (χ4v) is 2.55. The molecule has 96 valence electrons. The molecule has 1 aliphatic carbocycles. The van der Waals surface area contributed by atoms with E-state index in [-0.39, 0.29) is 11.5 Å². The maximum atomic E-state index is 8.82. The van der Waals surface area contributed by atoms with E-state index >= 15 is 0 Å². The van der Waals surface area contributed by atoms with Crippen molar-refractivity contribution in [2.75, 3.05) is 6.54 Å². The van der Waals surface area contributed by atoms with E-state index in [4.69, 9.17) is 5.26 Å². The van der Waals surface area contributed by atoms with E-state index in [9.17, 15) is 0 Å². The lowest BCUT2D eigenvalue weighted by Crippen LogP contribution is -2.37. The number of nitrogens with one attached hydrogen (secondary N) is 1. The van der Waals surface area contributed by atoms with Gasteiger partial charge in [-0.1, -0.05) is 32.0 Å². The van der Waals surface area contributed by atoms with E-state index in [1.54, 1.807) is 0 Å². The summed E-state index contributed by atoms with van der Waals surface area (Å²) in [4.78, 5) is 0. The molecular weight excluding hydrogens is 220 g/mol. The first-order valence-electron chi connectivity index (χ1n) is 6.78. The normalized spacial score (nSPS) is 16.1. The molecule has 0 heterocycles. The topological polar surface area (TPSA) is 35.8 Å². The molecule has 0 spiro atoms. The third kappa shape index (κ3) is 2.73. The third-order valence-corrected chi connectivity index (χ3v) is 3.92. The zero-order chi connectivity index (χ0) is 13.2. The zero-order valence-electron chi connectivity index (χ0n) is 11.6. The molecule has 1 N–H and O–H groups in total. The minimum absolute atomic E-state index is 0.0722. The number of hydrogen-bond donors (Lipinski definition) is 1. The number of aryl methyl sites for hydroxylation is 2. The first-order valence-corrected chi connectivity index (χ1v) is 6.78. The highest BCUT2D eigenvalue weighted by Crippen LogP contribution is 2.29. The van der Waals surface area contributed by atoms with Gasteiger partial charge in [-0.15, -0.1) is 0 Å². The fraction of sp³-hybridized carbons (Fsp3) is 0.562. The van der Waals surface area contributed by atoms with Gasteiger partial charge in [0.05, 0.1) is 12.1 Å². The lowest BCUT2D eigenvalue weighted by atomic mass is 9.83. The largest absolute Gasteiger partial charge is 0.301 e. The van der Waals surface area contributed by atoms with Gasteiger partial charge in [0, 0.05) is 12.0 Å². The summed E-state index contributed by atoms with van der Waals surface area (Å²) in [6, 6.07) is 9.03. The van der Waals surface area contributed by atoms with Crippen molar-refractivity contribution in [2.45, 2.75) is 51.5 Å². The lowest BCUT2D eigenvalue weighted by molar-refractivity contribution is 0.457. The lowest BCUT2D eigenvalue weighted by Gasteiger charge is -2.27. The molecule has 1 aliphatic rings. The van der Waals surface area contributed by atoms with Crippen LogP contribution in [0.2, 0.25) is 0 Å². The highest BCUT2D eigenvalue weighted by molar-refractivity contribution is 5.38. The quantitative estimate of drug-likeness (QED) is 0.881. The first-order chi connectivity index (χ1) is 8.53. The minimum Gasteiger partial charge on any atom is -0.301 e. The number of benzene rings is 1. The first kappa shape index (κ1) is 13.1. The Morgan fingerprint density at radius 3 is 2.78 bits per heavy atom. The Balaban J connectivity index is 2.12. The van der Waals surface area contributed by atoms with Crippen LogP contribution in [0.25, 0.3) is 0 Å². The van der Waals surface area contributed by atoms with Gasteiger partial charge in [-0.25, -0.2) is 0 Å². The number of nitrogens with zero attached hydrogens (tertiary/aromatic N) is 1. The second-order valence-corrected chi connectivity index (χ2v) is 5.95. The van der Waals surface area contributed by atoms with Gasteiger partial charge < -0.3 is 5.32 Å². The van der Waals surface area contributed by atoms with Crippen LogP contribution in [-0.2, 0) is 18.3 Å². The molecular formula is C16H22N2. The maximum absolute atomic E-state index is 8.82. The summed E-state index contributed by atoms with van der Waals surface area (Å²) in [5, 5.41) is 12.1. The molecule has 0 fully saturated rings. The highest BCUT2D eigenvalue weighted by atomic mass is 14.9. The summed E-state index contributed by atoms with van der Waals surface area (Å²) in [7, 11) is 0. The van der Waals surface area contributed by atoms with Crippen molar-refractivity contribution in [3.05, 3.63) is 34.9 Å². The van der Waals surface area contributed by atoms with E-state index in [1.807, 2.05) is 6.92 Å². The minimum atomic E-state index is -0.0845. The van der Waals surface area contributed by atoms with Crippen molar-refractivity contribution in [1.29, 1.82) is 5.26 Å². The highest BCUT2D eigenvalue weighted by Gasteiger charge is 2.23. The molecule has 0 amide bonds. The smallest absolute Gasteiger partial charge is 0.0924 e. The average Bonchev–Trinajstić information content (AvgIpc) is 2.83. The molecule has 0 radical (unpaired) electrons. The van der Waals surface area contributed by atoms with Gasteiger partial charge in [-0.2, -0.15) is 5.26 Å². The SMILES string of the molecule is CC(C#N)NCC(C)(C)c1ccc2c(c1)CCC2. The number of fused-ring (bicyclic) bond motifs is 1. The Labute approximate surface area is 110 Å². The van der Waals surface area contributed by atoms with Crippen LogP contribution < -0.4 is 5.32 Å². The molecule has 1 unspecified atom stereocenters. The molecule has 1 aromatic carbocycles. The van der Waals surface area contributed by atoms with E-state index in [0.29, 0.717) is 0 Å². The van der Waals surface area contributed by atoms with E-state index in [1.165, 1.54) is 36.0 Å². The Hall–Kier alpha value is -1.33. The van der Waals surface area contributed by atoms with Crippen molar-refractivity contribution in [2.24, 2.45) is 0 Å². The van der Waals surface area contributed by atoms with Crippen LogP contribution in [0.1, 0.15) is 43.9 Å². The van der Waals surface area contributed by atoms with E-state index in [2.05, 4.69) is 43.4 Å². The molecule has 2 heteroatoms. The summed E-state index contributed by atoms with van der Waals surface area (Å²) in [6.45, 7) is 7.21. The summed E-state index contributed by atoms with van der Waals surface area (Å²) >= 11 is 0. The molecule has 0 saturated carbocycles. The number of nitriles is 1. The number of hydrogen-bond acceptors (Lipinski definition) is 2. The van der Waals surface area contributed by atoms with Crippen LogP contribution in [0.5, 0.6) is 0 Å². The summed E-state index contributed by atoms with van der Waals surface area (Å²) in [5.41, 5.74) is 4.49. The molecule has 0 aromatic heterocycles. The van der Waals surface area contributed by atoms with Crippen LogP contribution >= 0.6 is 0 Å². The van der Waals surface area contributed by atoms with Crippen molar-refractivity contribution >= 4 is 0 Å². The van der Waals surface area contributed by atoms with Gasteiger partial charge in [-0.05, 0) is 42.9 Å². The van der Waals surface area contributed by atoms with Crippen LogP contribution in [0, 0.1) is 11.3 Å². The Morgan fingerprint density at radius 2 is 2.06 bits per heavy atom. The van der Waals surface area contributed by atoms with Gasteiger partial charge in [0.25, 0.3) is 0 Å². The van der Waals surface area contributed by atoms with Crippen molar-refractivity contribution in [3.8, 4) is 6.07 Å². The number of rotatable bonds is 4. The zero-order valence-corrected chi connectivity index (χ0v) is 11.6. The van der Waals surface area contributed by atoms with Crippen LogP contribution in [0.3, 0.4) is 0 Å². The second-order valence-electron chi connectivity index (χ2n) is 5.95. The molecule has 0 bridgehead atoms. The Morgan fingerprint density at radius 1 is 1.33 bits per heavy atom. The second kappa shape index (κ2) is 5.12. The van der Waals surface area contributed by atoms with Crippen molar-refractivity contribution < 1.29 is 0 Å². The average molecular weight is 242 g/mol. The summed E-state index contributed by atoms with van der Waals surface area (Å²) < 4.78 is 0. The van der Waals surface area contributed by atoms with Gasteiger partial charge >= 0.3 is 0 Å². The van der Waals surface area contributed by atoms with Gasteiger partial charge in [0.2, 0.25) is 0 Å². The van der Waals surface area contributed by atoms with Gasteiger partial charge in [0.1, 0.15) is 0 Å². The molecule has 1 aromatic rings. The molecule has 2 rings (SSSR count). The summed E-state index contributed by atoms with van der Waals surface area (Å²) in [5.74, 6) is 0. The van der Waals surface area contributed by atoms with Crippen LogP contribution in [0.15, 0.2) is 18.2 Å². The van der Waals surface area contributed by atoms with Crippen LogP contribution in [0.4, 0.5) is 0 Å². The van der Waals surface area contributed by atoms with Crippen molar-refractivity contribution in [1.82, 2.24) is 5.32 Å². The van der Waals surface area contributed by atoms with E-state index in [0.717, 1.165) is 6.54 Å². The molecule has 0 saturated heterocycles. The molecule has 18 heavy (non-hydrogen) atoms. The monoisotopic (exact) mass is 242 g/mol. The van der Waals surface area contributed by atoms with Gasteiger partial charge in [-0.3, -0.25) is 0 Å². The maximum Gasteiger partial charge on any atom is 0.0924 e. The predicted molar refractivity (Wildman–Crippen MR) is 74.6 cm³/mol. The van der Waals surface area contributed by atoms with E-state index < -0.39 is 0 Å². The van der Waals surface area contributed by atoms with Crippen LogP contribution in [-0.4, -0.2) is 12.6 Å². The fourth-order valence-electron chi connectivity index (χ4n) is 2.55. The Kier molecular flexibility index (Phi) is 3.73. The third-order valence-electron chi connectivity index (χ3n) is 3.92. The summed E-state index contributed by atoms with van der Waals surface area (Å²) in [6.07, 6.45) is 3.75. The standard InChI is InChI=1S/C16H22N2/c1-12(10-17)18-11-16(2,3)15-8-7-13-5-4-6-14(13)9-15/h7-9,12,18H,4-6,11H2,1-3H3. The van der Waals surface area contributed by atoms with Crippen molar-refractivity contribution in [3.63, 3.8) is 0 Å². The molecule has 2 nitrogen and oxygen atoms in total. The predicted octanol–water partition coefficient (Wildman–Crippen LogP) is 2.95.